The molecule has 0 N–H and O–H groups in total. The smallest absolute Gasteiger partial charge is 0.237 e. The van der Waals surface area contributed by atoms with E-state index in [1.54, 1.807) is 0 Å². The predicted molar refractivity (Wildman–Crippen MR) is 115 cm³/mol. The first kappa shape index (κ1) is 23.2. The molecule has 0 fully saturated rings. The largest absolute Gasteiger partial charge is 0.243 e. The van der Waals surface area contributed by atoms with Crippen molar-refractivity contribution in [2.45, 2.75) is 136 Å². The van der Waals surface area contributed by atoms with Crippen LogP contribution in [0.2, 0.25) is 0 Å². The van der Waals surface area contributed by atoms with Crippen LogP contribution < -0.4 is 4.57 Å². The number of rotatable bonds is 18. The van der Waals surface area contributed by atoms with E-state index in [4.69, 9.17) is 0 Å². The van der Waals surface area contributed by atoms with Crippen molar-refractivity contribution in [1.82, 2.24) is 4.57 Å². The summed E-state index contributed by atoms with van der Waals surface area (Å²) in [5, 5.41) is 0. The van der Waals surface area contributed by atoms with Crippen molar-refractivity contribution >= 4 is 0 Å². The van der Waals surface area contributed by atoms with Crippen molar-refractivity contribution in [3.05, 3.63) is 18.7 Å². The van der Waals surface area contributed by atoms with Crippen molar-refractivity contribution in [2.75, 3.05) is 0 Å². The van der Waals surface area contributed by atoms with Gasteiger partial charge in [0.2, 0.25) is 6.33 Å². The van der Waals surface area contributed by atoms with Crippen molar-refractivity contribution in [1.29, 1.82) is 0 Å². The molecule has 1 unspecified atom stereocenters. The van der Waals surface area contributed by atoms with E-state index in [1.165, 1.54) is 109 Å². The van der Waals surface area contributed by atoms with Crippen LogP contribution in [-0.2, 0) is 6.54 Å². The Balaban J connectivity index is 2.01. The average molecular weight is 364 g/mol. The van der Waals surface area contributed by atoms with Crippen LogP contribution in [0, 0.1) is 0 Å². The van der Waals surface area contributed by atoms with Gasteiger partial charge in [0.1, 0.15) is 12.4 Å². The molecule has 0 radical (unpaired) electrons. The zero-order valence-corrected chi connectivity index (χ0v) is 18.2. The summed E-state index contributed by atoms with van der Waals surface area (Å²) in [7, 11) is 0. The lowest BCUT2D eigenvalue weighted by atomic mass is 10.1. The van der Waals surface area contributed by atoms with Gasteiger partial charge in [-0.2, -0.15) is 0 Å². The van der Waals surface area contributed by atoms with Gasteiger partial charge in [-0.25, -0.2) is 9.13 Å². The zero-order chi connectivity index (χ0) is 18.9. The highest BCUT2D eigenvalue weighted by molar-refractivity contribution is 4.72. The minimum absolute atomic E-state index is 0.644. The molecule has 0 amide bonds. The molecule has 1 aromatic heterocycles. The Bertz CT molecular complexity index is 410. The second-order valence-corrected chi connectivity index (χ2v) is 8.33. The Morgan fingerprint density at radius 1 is 0.692 bits per heavy atom. The van der Waals surface area contributed by atoms with Crippen LogP contribution in [0.5, 0.6) is 0 Å². The van der Waals surface area contributed by atoms with Gasteiger partial charge < -0.3 is 0 Å². The molecule has 1 aromatic rings. The van der Waals surface area contributed by atoms with Gasteiger partial charge in [-0.1, -0.05) is 90.9 Å². The normalized spacial score (nSPS) is 12.6. The Kier molecular flexibility index (Phi) is 14.7. The quantitative estimate of drug-likeness (QED) is 0.187. The van der Waals surface area contributed by atoms with Gasteiger partial charge in [0.25, 0.3) is 0 Å². The number of hydrogen-bond acceptors (Lipinski definition) is 0. The molecule has 1 heterocycles. The van der Waals surface area contributed by atoms with Gasteiger partial charge in [-0.3, -0.25) is 0 Å². The van der Waals surface area contributed by atoms with Crippen molar-refractivity contribution in [3.8, 4) is 0 Å². The number of hydrogen-bond donors (Lipinski definition) is 0. The Morgan fingerprint density at radius 3 is 1.77 bits per heavy atom. The minimum Gasteiger partial charge on any atom is -0.237 e. The van der Waals surface area contributed by atoms with Gasteiger partial charge in [-0.05, 0) is 32.6 Å². The lowest BCUT2D eigenvalue weighted by molar-refractivity contribution is -0.697. The van der Waals surface area contributed by atoms with Crippen molar-refractivity contribution in [3.63, 3.8) is 0 Å². The van der Waals surface area contributed by atoms with Crippen molar-refractivity contribution < 1.29 is 4.57 Å². The van der Waals surface area contributed by atoms with Gasteiger partial charge in [0, 0.05) is 0 Å². The van der Waals surface area contributed by atoms with Gasteiger partial charge >= 0.3 is 0 Å². The highest BCUT2D eigenvalue weighted by atomic mass is 15.1. The Labute approximate surface area is 164 Å². The molecule has 0 aromatic carbocycles. The molecule has 0 aliphatic heterocycles. The second-order valence-electron chi connectivity index (χ2n) is 8.33. The highest BCUT2D eigenvalue weighted by Crippen LogP contribution is 2.15. The molecular formula is C24H47N2+. The fraction of sp³-hybridized carbons (Fsp3) is 0.875. The maximum Gasteiger partial charge on any atom is 0.243 e. The fourth-order valence-corrected chi connectivity index (χ4v) is 3.78. The number of aromatic nitrogens is 2. The molecule has 2 heteroatoms. The summed E-state index contributed by atoms with van der Waals surface area (Å²) in [6.07, 6.45) is 29.3. The third-order valence-corrected chi connectivity index (χ3v) is 5.72. The van der Waals surface area contributed by atoms with E-state index in [-0.39, 0.29) is 0 Å². The number of nitrogens with zero attached hydrogens (tertiary/aromatic N) is 2. The number of unbranched alkanes of at least 4 members (excludes halogenated alkanes) is 13. The standard InChI is InChI=1S/C24H47N2/c1-4-6-8-10-11-12-13-14-16-18-20-25-21-22-26(23-25)24(3)19-17-15-9-7-5-2/h21-24H,4-20H2,1-3H3/q+1. The fourth-order valence-electron chi connectivity index (χ4n) is 3.78. The Hall–Kier alpha value is -0.790. The summed E-state index contributed by atoms with van der Waals surface area (Å²) in [5.41, 5.74) is 0. The third kappa shape index (κ3) is 11.8. The molecule has 0 saturated carbocycles. The molecular weight excluding hydrogens is 316 g/mol. The molecule has 0 aliphatic carbocycles. The molecule has 2 nitrogen and oxygen atoms in total. The van der Waals surface area contributed by atoms with Crippen LogP contribution in [0.15, 0.2) is 18.7 Å². The SMILES string of the molecule is CCCCCCCCCCCC[n+]1ccn(C(C)CCCCCCC)c1. The van der Waals surface area contributed by atoms with E-state index in [1.807, 2.05) is 0 Å². The van der Waals surface area contributed by atoms with Crippen LogP contribution in [0.1, 0.15) is 130 Å². The molecule has 152 valence electrons. The second kappa shape index (κ2) is 16.4. The molecule has 0 aliphatic rings. The van der Waals surface area contributed by atoms with E-state index in [9.17, 15) is 0 Å². The van der Waals surface area contributed by atoms with E-state index >= 15 is 0 Å². The highest BCUT2D eigenvalue weighted by Gasteiger charge is 2.11. The molecule has 0 spiro atoms. The lowest BCUT2D eigenvalue weighted by Crippen LogP contribution is -2.31. The van der Waals surface area contributed by atoms with Crippen molar-refractivity contribution in [2.24, 2.45) is 0 Å². The van der Waals surface area contributed by atoms with Crippen LogP contribution in [0.25, 0.3) is 0 Å². The van der Waals surface area contributed by atoms with Crippen LogP contribution >= 0.6 is 0 Å². The van der Waals surface area contributed by atoms with Crippen LogP contribution in [-0.4, -0.2) is 4.57 Å². The molecule has 0 bridgehead atoms. The lowest BCUT2D eigenvalue weighted by Gasteiger charge is -2.07. The maximum atomic E-state index is 2.41. The molecule has 0 saturated heterocycles. The summed E-state index contributed by atoms with van der Waals surface area (Å²) in [6.45, 7) is 8.13. The third-order valence-electron chi connectivity index (χ3n) is 5.72. The predicted octanol–water partition coefficient (Wildman–Crippen LogP) is 7.62. The van der Waals surface area contributed by atoms with E-state index in [2.05, 4.69) is 48.6 Å². The minimum atomic E-state index is 0.644. The topological polar surface area (TPSA) is 8.81 Å². The summed E-state index contributed by atoms with van der Waals surface area (Å²) in [6, 6.07) is 0.644. The average Bonchev–Trinajstić information content (AvgIpc) is 3.12. The first-order valence-electron chi connectivity index (χ1n) is 11.8. The van der Waals surface area contributed by atoms with Crippen LogP contribution in [0.4, 0.5) is 0 Å². The Morgan fingerprint density at radius 2 is 1.19 bits per heavy atom. The van der Waals surface area contributed by atoms with Crippen LogP contribution in [0.3, 0.4) is 0 Å². The first-order valence-corrected chi connectivity index (χ1v) is 11.8. The maximum absolute atomic E-state index is 2.41. The van der Waals surface area contributed by atoms with E-state index in [0.717, 1.165) is 0 Å². The van der Waals surface area contributed by atoms with Gasteiger partial charge in [0.05, 0.1) is 12.6 Å². The number of imidazole rings is 1. The zero-order valence-electron chi connectivity index (χ0n) is 18.2. The number of aryl methyl sites for hydroxylation is 1. The monoisotopic (exact) mass is 363 g/mol. The van der Waals surface area contributed by atoms with E-state index in [0.29, 0.717) is 6.04 Å². The molecule has 1 atom stereocenters. The van der Waals surface area contributed by atoms with Gasteiger partial charge in [0.15, 0.2) is 0 Å². The first-order chi connectivity index (χ1) is 12.8. The molecule has 1 rings (SSSR count). The van der Waals surface area contributed by atoms with E-state index < -0.39 is 0 Å². The molecule has 26 heavy (non-hydrogen) atoms. The summed E-state index contributed by atoms with van der Waals surface area (Å²) in [5.74, 6) is 0. The van der Waals surface area contributed by atoms with Gasteiger partial charge in [-0.15, -0.1) is 0 Å². The summed E-state index contributed by atoms with van der Waals surface area (Å²) >= 11 is 0. The summed E-state index contributed by atoms with van der Waals surface area (Å²) in [4.78, 5) is 0. The summed E-state index contributed by atoms with van der Waals surface area (Å²) < 4.78 is 4.80.